The number of ether oxygens (including phenoxy) is 1. The lowest BCUT2D eigenvalue weighted by molar-refractivity contribution is -0.384. The molecule has 1 aliphatic heterocycles. The molecular weight excluding hydrogens is 314 g/mol. The normalized spacial score (nSPS) is 14.4. The molecule has 1 aliphatic rings. The van der Waals surface area contributed by atoms with Crippen LogP contribution in [0.3, 0.4) is 0 Å². The number of furan rings is 1. The fraction of sp³-hybridized carbons (Fsp3) is 0.312. The number of hydrogen-bond acceptors (Lipinski definition) is 6. The number of nitro benzene ring substituents is 1. The molecule has 1 amide bonds. The van der Waals surface area contributed by atoms with E-state index in [1.165, 1.54) is 12.3 Å². The van der Waals surface area contributed by atoms with Crippen molar-refractivity contribution in [3.05, 3.63) is 58.0 Å². The summed E-state index contributed by atoms with van der Waals surface area (Å²) in [6.07, 6.45) is 1.54. The van der Waals surface area contributed by atoms with Gasteiger partial charge in [-0.1, -0.05) is 0 Å². The molecule has 8 nitrogen and oxygen atoms in total. The highest BCUT2D eigenvalue weighted by molar-refractivity contribution is 5.95. The second kappa shape index (κ2) is 7.14. The number of nitrogens with one attached hydrogen (secondary N) is 1. The number of nitrogens with zero attached hydrogens (tertiary/aromatic N) is 2. The zero-order chi connectivity index (χ0) is 16.9. The highest BCUT2D eigenvalue weighted by atomic mass is 16.6. The van der Waals surface area contributed by atoms with Gasteiger partial charge in [-0.05, 0) is 24.3 Å². The number of morpholine rings is 1. The van der Waals surface area contributed by atoms with Crippen molar-refractivity contribution in [2.45, 2.75) is 6.54 Å². The van der Waals surface area contributed by atoms with Crippen LogP contribution in [0.2, 0.25) is 0 Å². The predicted octanol–water partition coefficient (Wildman–Crippen LogP) is 2.27. The summed E-state index contributed by atoms with van der Waals surface area (Å²) in [6, 6.07) is 7.97. The molecule has 126 valence electrons. The lowest BCUT2D eigenvalue weighted by atomic mass is 10.1. The predicted molar refractivity (Wildman–Crippen MR) is 85.9 cm³/mol. The van der Waals surface area contributed by atoms with Gasteiger partial charge in [0.25, 0.3) is 11.6 Å². The molecule has 8 heteroatoms. The Morgan fingerprint density at radius 3 is 2.75 bits per heavy atom. The maximum Gasteiger partial charge on any atom is 0.293 e. The minimum Gasteiger partial charge on any atom is -0.467 e. The first-order valence-electron chi connectivity index (χ1n) is 7.57. The smallest absolute Gasteiger partial charge is 0.293 e. The third-order valence-electron chi connectivity index (χ3n) is 3.77. The average molecular weight is 331 g/mol. The number of anilines is 1. The summed E-state index contributed by atoms with van der Waals surface area (Å²) in [6.45, 7) is 2.27. The van der Waals surface area contributed by atoms with Gasteiger partial charge in [0, 0.05) is 24.7 Å². The van der Waals surface area contributed by atoms with E-state index in [0.717, 1.165) is 0 Å². The van der Waals surface area contributed by atoms with Crippen LogP contribution in [0.15, 0.2) is 41.0 Å². The summed E-state index contributed by atoms with van der Waals surface area (Å²) >= 11 is 0. The highest BCUT2D eigenvalue weighted by Crippen LogP contribution is 2.27. The molecule has 0 aliphatic carbocycles. The van der Waals surface area contributed by atoms with Crippen LogP contribution in [-0.4, -0.2) is 42.0 Å². The monoisotopic (exact) mass is 331 g/mol. The lowest BCUT2D eigenvalue weighted by Gasteiger charge is -2.26. The van der Waals surface area contributed by atoms with E-state index in [2.05, 4.69) is 5.32 Å². The Morgan fingerprint density at radius 1 is 1.29 bits per heavy atom. The Labute approximate surface area is 138 Å². The van der Waals surface area contributed by atoms with E-state index in [9.17, 15) is 14.9 Å². The lowest BCUT2D eigenvalue weighted by Crippen LogP contribution is -2.40. The van der Waals surface area contributed by atoms with E-state index >= 15 is 0 Å². The Bertz CT molecular complexity index is 723. The molecule has 0 unspecified atom stereocenters. The van der Waals surface area contributed by atoms with Gasteiger partial charge in [0.05, 0.1) is 30.9 Å². The quantitative estimate of drug-likeness (QED) is 0.667. The van der Waals surface area contributed by atoms with E-state index in [0.29, 0.717) is 49.9 Å². The Hall–Kier alpha value is -2.87. The van der Waals surface area contributed by atoms with Crippen molar-refractivity contribution in [2.75, 3.05) is 31.6 Å². The van der Waals surface area contributed by atoms with E-state index in [1.807, 2.05) is 0 Å². The number of amides is 1. The molecule has 1 aromatic carbocycles. The number of carbonyl (C=O) groups excluding carboxylic acids is 1. The van der Waals surface area contributed by atoms with Crippen molar-refractivity contribution < 1.29 is 18.9 Å². The SMILES string of the molecule is O=C(c1ccc(NCc2ccco2)c([N+](=O)[O-])c1)N1CCOCC1. The van der Waals surface area contributed by atoms with Gasteiger partial charge in [-0.2, -0.15) is 0 Å². The third-order valence-corrected chi connectivity index (χ3v) is 3.77. The zero-order valence-electron chi connectivity index (χ0n) is 12.9. The van der Waals surface area contributed by atoms with E-state index in [1.54, 1.807) is 29.2 Å². The molecule has 0 radical (unpaired) electrons. The topological polar surface area (TPSA) is 97.8 Å². The number of rotatable bonds is 5. The average Bonchev–Trinajstić information content (AvgIpc) is 3.13. The summed E-state index contributed by atoms with van der Waals surface area (Å²) in [5.74, 6) is 0.441. The van der Waals surface area contributed by atoms with Crippen molar-refractivity contribution >= 4 is 17.3 Å². The number of hydrogen-bond donors (Lipinski definition) is 1. The Balaban J connectivity index is 1.78. The second-order valence-corrected chi connectivity index (χ2v) is 5.33. The summed E-state index contributed by atoms with van der Waals surface area (Å²) in [5, 5.41) is 14.3. The molecule has 1 saturated heterocycles. The van der Waals surface area contributed by atoms with Crippen LogP contribution >= 0.6 is 0 Å². The van der Waals surface area contributed by atoms with Gasteiger partial charge < -0.3 is 19.4 Å². The molecule has 1 fully saturated rings. The van der Waals surface area contributed by atoms with Crippen LogP contribution in [0.5, 0.6) is 0 Å². The van der Waals surface area contributed by atoms with Gasteiger partial charge >= 0.3 is 0 Å². The van der Waals surface area contributed by atoms with Gasteiger partial charge in [-0.15, -0.1) is 0 Å². The number of carbonyl (C=O) groups is 1. The molecule has 0 atom stereocenters. The minimum atomic E-state index is -0.499. The first kappa shape index (κ1) is 16.0. The van der Waals surface area contributed by atoms with Crippen molar-refractivity contribution in [3.8, 4) is 0 Å². The molecule has 24 heavy (non-hydrogen) atoms. The summed E-state index contributed by atoms with van der Waals surface area (Å²) in [7, 11) is 0. The van der Waals surface area contributed by atoms with Crippen LogP contribution in [-0.2, 0) is 11.3 Å². The van der Waals surface area contributed by atoms with E-state index < -0.39 is 4.92 Å². The summed E-state index contributed by atoms with van der Waals surface area (Å²) < 4.78 is 10.4. The first-order valence-corrected chi connectivity index (χ1v) is 7.57. The Kier molecular flexibility index (Phi) is 4.76. The molecule has 0 bridgehead atoms. The second-order valence-electron chi connectivity index (χ2n) is 5.33. The molecule has 2 heterocycles. The van der Waals surface area contributed by atoms with Gasteiger partial charge in [-0.25, -0.2) is 0 Å². The van der Waals surface area contributed by atoms with E-state index in [-0.39, 0.29) is 11.6 Å². The van der Waals surface area contributed by atoms with Crippen LogP contribution in [0.1, 0.15) is 16.1 Å². The fourth-order valence-corrected chi connectivity index (χ4v) is 2.51. The van der Waals surface area contributed by atoms with Crippen molar-refractivity contribution in [3.63, 3.8) is 0 Å². The van der Waals surface area contributed by atoms with Crippen LogP contribution < -0.4 is 5.32 Å². The largest absolute Gasteiger partial charge is 0.467 e. The van der Waals surface area contributed by atoms with Gasteiger partial charge in [0.2, 0.25) is 0 Å². The van der Waals surface area contributed by atoms with Crippen molar-refractivity contribution in [1.29, 1.82) is 0 Å². The van der Waals surface area contributed by atoms with Crippen molar-refractivity contribution in [1.82, 2.24) is 4.90 Å². The van der Waals surface area contributed by atoms with Crippen LogP contribution in [0.25, 0.3) is 0 Å². The molecule has 0 saturated carbocycles. The maximum atomic E-state index is 12.4. The standard InChI is InChI=1S/C16H17N3O5/c20-16(18-5-8-23-9-6-18)12-3-4-14(15(10-12)19(21)22)17-11-13-2-1-7-24-13/h1-4,7,10,17H,5-6,8-9,11H2. The molecule has 2 aromatic rings. The fourth-order valence-electron chi connectivity index (χ4n) is 2.51. The summed E-state index contributed by atoms with van der Waals surface area (Å²) in [5.41, 5.74) is 0.503. The number of nitro groups is 1. The number of benzene rings is 1. The third kappa shape index (κ3) is 3.54. The zero-order valence-corrected chi connectivity index (χ0v) is 12.9. The molecular formula is C16H17N3O5. The molecule has 3 rings (SSSR count). The molecule has 1 aromatic heterocycles. The van der Waals surface area contributed by atoms with Crippen molar-refractivity contribution in [2.24, 2.45) is 0 Å². The van der Waals surface area contributed by atoms with Gasteiger partial charge in [0.15, 0.2) is 0 Å². The highest BCUT2D eigenvalue weighted by Gasteiger charge is 2.22. The minimum absolute atomic E-state index is 0.138. The van der Waals surface area contributed by atoms with Crippen LogP contribution in [0.4, 0.5) is 11.4 Å². The van der Waals surface area contributed by atoms with Crippen LogP contribution in [0, 0.1) is 10.1 Å². The summed E-state index contributed by atoms with van der Waals surface area (Å²) in [4.78, 5) is 24.9. The van der Waals surface area contributed by atoms with E-state index in [4.69, 9.17) is 9.15 Å². The molecule has 0 spiro atoms. The maximum absolute atomic E-state index is 12.4. The molecule has 1 N–H and O–H groups in total. The van der Waals surface area contributed by atoms with Gasteiger partial charge in [0.1, 0.15) is 11.4 Å². The Morgan fingerprint density at radius 2 is 2.08 bits per heavy atom. The van der Waals surface area contributed by atoms with Gasteiger partial charge in [-0.3, -0.25) is 14.9 Å². The first-order chi connectivity index (χ1) is 11.6.